The number of hydrogen-bond acceptors (Lipinski definition) is 4. The molecule has 29 heavy (non-hydrogen) atoms. The molecule has 4 atom stereocenters. The third-order valence-electron chi connectivity index (χ3n) is 7.05. The number of benzene rings is 2. The molecule has 1 saturated heterocycles. The van der Waals surface area contributed by atoms with Crippen LogP contribution in [0.2, 0.25) is 0 Å². The first-order valence-corrected chi connectivity index (χ1v) is 10.4. The first-order valence-electron chi connectivity index (χ1n) is 10.4. The van der Waals surface area contributed by atoms with E-state index in [1.165, 1.54) is 0 Å². The monoisotopic (exact) mass is 394 g/mol. The maximum absolute atomic E-state index is 13.1. The second kappa shape index (κ2) is 7.81. The summed E-state index contributed by atoms with van der Waals surface area (Å²) in [6, 6.07) is 16.7. The van der Waals surface area contributed by atoms with Gasteiger partial charge in [-0.25, -0.2) is 0 Å². The van der Waals surface area contributed by atoms with Gasteiger partial charge in [-0.15, -0.1) is 0 Å². The smallest absolute Gasteiger partial charge is 0.253 e. The van der Waals surface area contributed by atoms with Gasteiger partial charge in [-0.3, -0.25) is 4.79 Å². The number of aromatic hydroxyl groups is 1. The van der Waals surface area contributed by atoms with Crippen LogP contribution in [-0.4, -0.2) is 65.3 Å². The predicted molar refractivity (Wildman–Crippen MR) is 113 cm³/mol. The number of likely N-dealkylation sites (tertiary alicyclic amines) is 1. The Labute approximate surface area is 172 Å². The van der Waals surface area contributed by atoms with Crippen molar-refractivity contribution in [1.82, 2.24) is 9.80 Å². The SMILES string of the molecule is CN1CCC2(c3cccc(O)c3)CC(N(C)C(=O)c3ccccc3)CC(O)C2C1. The summed E-state index contributed by atoms with van der Waals surface area (Å²) in [6.07, 6.45) is 1.78. The van der Waals surface area contributed by atoms with Crippen molar-refractivity contribution in [3.63, 3.8) is 0 Å². The van der Waals surface area contributed by atoms with Gasteiger partial charge < -0.3 is 20.0 Å². The molecule has 0 aromatic heterocycles. The molecule has 1 aliphatic heterocycles. The van der Waals surface area contributed by atoms with Crippen molar-refractivity contribution >= 4 is 5.91 Å². The zero-order chi connectivity index (χ0) is 20.6. The molecule has 1 amide bonds. The predicted octanol–water partition coefficient (Wildman–Crippen LogP) is 2.88. The lowest BCUT2D eigenvalue weighted by molar-refractivity contribution is -0.0566. The van der Waals surface area contributed by atoms with Crippen LogP contribution in [0.15, 0.2) is 54.6 Å². The Morgan fingerprint density at radius 2 is 1.93 bits per heavy atom. The molecule has 5 heteroatoms. The molecule has 2 aromatic rings. The first-order chi connectivity index (χ1) is 13.9. The summed E-state index contributed by atoms with van der Waals surface area (Å²) in [5, 5.41) is 21.3. The summed E-state index contributed by atoms with van der Waals surface area (Å²) in [5.41, 5.74) is 1.49. The Hall–Kier alpha value is -2.37. The number of hydrogen-bond donors (Lipinski definition) is 2. The Morgan fingerprint density at radius 1 is 1.17 bits per heavy atom. The van der Waals surface area contributed by atoms with E-state index >= 15 is 0 Å². The lowest BCUT2D eigenvalue weighted by atomic mass is 9.57. The van der Waals surface area contributed by atoms with Gasteiger partial charge in [0.15, 0.2) is 0 Å². The summed E-state index contributed by atoms with van der Waals surface area (Å²) < 4.78 is 0. The van der Waals surface area contributed by atoms with E-state index in [-0.39, 0.29) is 29.0 Å². The van der Waals surface area contributed by atoms with Crippen LogP contribution in [0.5, 0.6) is 5.75 Å². The molecular formula is C24H30N2O3. The Kier molecular flexibility index (Phi) is 5.36. The molecular weight excluding hydrogens is 364 g/mol. The second-order valence-electron chi connectivity index (χ2n) is 8.77. The molecule has 1 heterocycles. The number of aliphatic hydroxyl groups is 1. The lowest BCUT2D eigenvalue weighted by Gasteiger charge is -2.55. The number of amides is 1. The van der Waals surface area contributed by atoms with Gasteiger partial charge in [0.05, 0.1) is 6.10 Å². The number of carbonyl (C=O) groups excluding carboxylic acids is 1. The van der Waals surface area contributed by atoms with E-state index in [1.807, 2.05) is 49.5 Å². The van der Waals surface area contributed by atoms with Crippen LogP contribution >= 0.6 is 0 Å². The second-order valence-corrected chi connectivity index (χ2v) is 8.77. The van der Waals surface area contributed by atoms with Crippen LogP contribution in [0, 0.1) is 5.92 Å². The molecule has 154 valence electrons. The zero-order valence-corrected chi connectivity index (χ0v) is 17.2. The molecule has 0 radical (unpaired) electrons. The van der Waals surface area contributed by atoms with Crippen LogP contribution in [0.3, 0.4) is 0 Å². The number of phenolic OH excluding ortho intramolecular Hbond substituents is 1. The topological polar surface area (TPSA) is 64.0 Å². The minimum Gasteiger partial charge on any atom is -0.508 e. The minimum absolute atomic E-state index is 0.0137. The molecule has 4 rings (SSSR count). The fourth-order valence-corrected chi connectivity index (χ4v) is 5.40. The lowest BCUT2D eigenvalue weighted by Crippen LogP contribution is -2.60. The number of nitrogens with zero attached hydrogens (tertiary/aromatic N) is 2. The van der Waals surface area contributed by atoms with Gasteiger partial charge in [-0.05, 0) is 62.7 Å². The zero-order valence-electron chi connectivity index (χ0n) is 17.2. The number of fused-ring (bicyclic) bond motifs is 1. The van der Waals surface area contributed by atoms with Gasteiger partial charge in [-0.2, -0.15) is 0 Å². The fraction of sp³-hybridized carbons (Fsp3) is 0.458. The average Bonchev–Trinajstić information content (AvgIpc) is 2.74. The number of carbonyl (C=O) groups is 1. The number of piperidine rings is 1. The molecule has 2 N–H and O–H groups in total. The van der Waals surface area contributed by atoms with Gasteiger partial charge in [-0.1, -0.05) is 30.3 Å². The quantitative estimate of drug-likeness (QED) is 0.840. The highest BCUT2D eigenvalue weighted by Gasteiger charge is 2.52. The maximum Gasteiger partial charge on any atom is 0.253 e. The molecule has 2 aromatic carbocycles. The molecule has 1 saturated carbocycles. The van der Waals surface area contributed by atoms with Crippen LogP contribution in [0.25, 0.3) is 0 Å². The molecule has 5 nitrogen and oxygen atoms in total. The van der Waals surface area contributed by atoms with Crippen molar-refractivity contribution in [2.24, 2.45) is 5.92 Å². The Balaban J connectivity index is 1.68. The van der Waals surface area contributed by atoms with E-state index in [1.54, 1.807) is 11.0 Å². The molecule has 4 unspecified atom stereocenters. The van der Waals surface area contributed by atoms with Crippen LogP contribution in [-0.2, 0) is 5.41 Å². The van der Waals surface area contributed by atoms with Gasteiger partial charge in [0.25, 0.3) is 5.91 Å². The van der Waals surface area contributed by atoms with Gasteiger partial charge in [0.1, 0.15) is 5.75 Å². The maximum atomic E-state index is 13.1. The van der Waals surface area contributed by atoms with E-state index in [0.29, 0.717) is 12.0 Å². The Bertz CT molecular complexity index is 871. The molecule has 2 fully saturated rings. The third kappa shape index (κ3) is 3.65. The normalized spacial score (nSPS) is 29.8. The highest BCUT2D eigenvalue weighted by Crippen LogP contribution is 2.50. The van der Waals surface area contributed by atoms with Crippen LogP contribution in [0.4, 0.5) is 0 Å². The largest absolute Gasteiger partial charge is 0.508 e. The van der Waals surface area contributed by atoms with Crippen LogP contribution < -0.4 is 0 Å². The summed E-state index contributed by atoms with van der Waals surface area (Å²) in [4.78, 5) is 17.1. The van der Waals surface area contributed by atoms with Crippen LogP contribution in [0.1, 0.15) is 35.2 Å². The molecule has 0 spiro atoms. The van der Waals surface area contributed by atoms with Crippen molar-refractivity contribution in [3.05, 3.63) is 65.7 Å². The Morgan fingerprint density at radius 3 is 2.66 bits per heavy atom. The average molecular weight is 395 g/mol. The fourth-order valence-electron chi connectivity index (χ4n) is 5.40. The van der Waals surface area contributed by atoms with Gasteiger partial charge in [0.2, 0.25) is 0 Å². The van der Waals surface area contributed by atoms with Crippen molar-refractivity contribution in [2.75, 3.05) is 27.2 Å². The highest BCUT2D eigenvalue weighted by molar-refractivity contribution is 5.94. The summed E-state index contributed by atoms with van der Waals surface area (Å²) in [7, 11) is 3.94. The standard InChI is InChI=1S/C24H30N2O3/c1-25-12-11-24(18-9-6-10-20(27)13-18)15-19(14-22(28)21(24)16-25)26(2)23(29)17-7-4-3-5-8-17/h3-10,13,19,21-22,27-28H,11-12,14-16H2,1-2H3. The van der Waals surface area contributed by atoms with Crippen molar-refractivity contribution < 1.29 is 15.0 Å². The van der Waals surface area contributed by atoms with E-state index in [0.717, 1.165) is 31.5 Å². The molecule has 1 aliphatic carbocycles. The van der Waals surface area contributed by atoms with E-state index < -0.39 is 6.10 Å². The van der Waals surface area contributed by atoms with E-state index in [2.05, 4.69) is 18.0 Å². The first kappa shape index (κ1) is 19.9. The summed E-state index contributed by atoms with van der Waals surface area (Å²) in [6.45, 7) is 1.75. The summed E-state index contributed by atoms with van der Waals surface area (Å²) >= 11 is 0. The minimum atomic E-state index is -0.495. The third-order valence-corrected chi connectivity index (χ3v) is 7.05. The van der Waals surface area contributed by atoms with E-state index in [4.69, 9.17) is 0 Å². The van der Waals surface area contributed by atoms with Gasteiger partial charge >= 0.3 is 0 Å². The van der Waals surface area contributed by atoms with E-state index in [9.17, 15) is 15.0 Å². The van der Waals surface area contributed by atoms with Gasteiger partial charge in [0, 0.05) is 36.5 Å². The van der Waals surface area contributed by atoms with Crippen molar-refractivity contribution in [3.8, 4) is 5.75 Å². The van der Waals surface area contributed by atoms with Crippen molar-refractivity contribution in [2.45, 2.75) is 36.8 Å². The summed E-state index contributed by atoms with van der Waals surface area (Å²) in [5.74, 6) is 0.319. The highest BCUT2D eigenvalue weighted by atomic mass is 16.3. The van der Waals surface area contributed by atoms with Crippen molar-refractivity contribution in [1.29, 1.82) is 0 Å². The number of aliphatic hydroxyl groups excluding tert-OH is 1. The number of phenols is 1. The molecule has 2 aliphatic rings. The molecule has 0 bridgehead atoms. The number of rotatable bonds is 3.